The molecule has 2 aromatic heterocycles. The van der Waals surface area contributed by atoms with E-state index in [4.69, 9.17) is 16.9 Å². The number of aliphatic hydroxyl groups is 1. The van der Waals surface area contributed by atoms with Crippen LogP contribution in [0.25, 0.3) is 5.69 Å². The van der Waals surface area contributed by atoms with Crippen LogP contribution in [-0.2, 0) is 13.1 Å². The van der Waals surface area contributed by atoms with E-state index in [2.05, 4.69) is 25.1 Å². The molecule has 4 aliphatic rings. The Bertz CT molecular complexity index is 1500. The number of hydrogen-bond donors (Lipinski definition) is 1. The van der Waals surface area contributed by atoms with E-state index >= 15 is 0 Å². The summed E-state index contributed by atoms with van der Waals surface area (Å²) in [5, 5.41) is 28.7. The molecular formula is C26H24ClF3N8O. The molecule has 13 heteroatoms. The number of benzene rings is 1. The van der Waals surface area contributed by atoms with Gasteiger partial charge < -0.3 is 10.0 Å². The number of nitrogens with zero attached hydrogens (tertiary/aromatic N) is 8. The lowest BCUT2D eigenvalue weighted by Crippen LogP contribution is -2.62. The Balaban J connectivity index is 1.11. The Kier molecular flexibility index (Phi) is 5.31. The molecule has 2 aliphatic heterocycles. The molecule has 1 saturated heterocycles. The van der Waals surface area contributed by atoms with E-state index in [0.717, 1.165) is 43.0 Å². The third-order valence-electron chi connectivity index (χ3n) is 8.76. The molecule has 2 saturated carbocycles. The molecule has 0 radical (unpaired) electrons. The molecule has 7 rings (SSSR count). The highest BCUT2D eigenvalue weighted by Crippen LogP contribution is 2.56. The first-order valence-electron chi connectivity index (χ1n) is 12.8. The van der Waals surface area contributed by atoms with Crippen LogP contribution >= 0.6 is 11.6 Å². The molecule has 39 heavy (non-hydrogen) atoms. The van der Waals surface area contributed by atoms with Gasteiger partial charge in [-0.05, 0) is 42.7 Å². The van der Waals surface area contributed by atoms with Crippen molar-refractivity contribution in [1.29, 1.82) is 5.26 Å². The zero-order valence-corrected chi connectivity index (χ0v) is 21.5. The van der Waals surface area contributed by atoms with Gasteiger partial charge in [0.2, 0.25) is 5.95 Å². The second-order valence-electron chi connectivity index (χ2n) is 11.4. The molecule has 0 amide bonds. The third kappa shape index (κ3) is 3.90. The second-order valence-corrected chi connectivity index (χ2v) is 11.8. The van der Waals surface area contributed by atoms with Crippen molar-refractivity contribution in [2.75, 3.05) is 18.0 Å². The molecule has 0 bridgehead atoms. The average Bonchev–Trinajstić information content (AvgIpc) is 3.15. The number of rotatable bonds is 3. The fourth-order valence-corrected chi connectivity index (χ4v) is 6.87. The Hall–Kier alpha value is -3.27. The standard InChI is InChI=1S/C26H24ClF3N8O/c27-17-1-2-20-15(5-17)11-36(19-8-25(39,9-19)26(28,29)30)12-21-34-35-22(38(20)21)16-6-24(7-16)13-37(14-24)23-32-4-3-18(10-31)33-23/h1-5,16,19,39H,6-9,11-14H2. The highest BCUT2D eigenvalue weighted by molar-refractivity contribution is 6.30. The van der Waals surface area contributed by atoms with E-state index in [1.54, 1.807) is 18.3 Å². The summed E-state index contributed by atoms with van der Waals surface area (Å²) < 4.78 is 41.9. The van der Waals surface area contributed by atoms with Crippen molar-refractivity contribution in [1.82, 2.24) is 29.6 Å². The number of anilines is 1. The summed E-state index contributed by atoms with van der Waals surface area (Å²) in [7, 11) is 0. The number of aromatic nitrogens is 5. The lowest BCUT2D eigenvalue weighted by atomic mass is 9.57. The van der Waals surface area contributed by atoms with E-state index in [-0.39, 0.29) is 24.2 Å². The van der Waals surface area contributed by atoms with Crippen LogP contribution < -0.4 is 4.90 Å². The Morgan fingerprint density at radius 1 is 1.08 bits per heavy atom. The van der Waals surface area contributed by atoms with Gasteiger partial charge in [-0.1, -0.05) is 11.6 Å². The summed E-state index contributed by atoms with van der Waals surface area (Å²) in [4.78, 5) is 12.6. The zero-order valence-electron chi connectivity index (χ0n) is 20.7. The van der Waals surface area contributed by atoms with Gasteiger partial charge >= 0.3 is 6.18 Å². The molecule has 0 unspecified atom stereocenters. The van der Waals surface area contributed by atoms with Crippen molar-refractivity contribution in [3.8, 4) is 11.8 Å². The minimum absolute atomic E-state index is 0.136. The van der Waals surface area contributed by atoms with Crippen molar-refractivity contribution in [2.24, 2.45) is 5.41 Å². The van der Waals surface area contributed by atoms with Gasteiger partial charge in [0.05, 0.1) is 12.2 Å². The van der Waals surface area contributed by atoms with Crippen LogP contribution in [0.15, 0.2) is 30.5 Å². The highest BCUT2D eigenvalue weighted by atomic mass is 35.5. The molecule has 4 heterocycles. The molecule has 1 N–H and O–H groups in total. The Labute approximate surface area is 226 Å². The van der Waals surface area contributed by atoms with Crippen LogP contribution in [0.5, 0.6) is 0 Å². The fourth-order valence-electron chi connectivity index (χ4n) is 6.68. The molecule has 3 fully saturated rings. The van der Waals surface area contributed by atoms with E-state index in [9.17, 15) is 18.3 Å². The Morgan fingerprint density at radius 3 is 2.56 bits per heavy atom. The second kappa shape index (κ2) is 8.36. The lowest BCUT2D eigenvalue weighted by molar-refractivity contribution is -0.300. The number of nitriles is 1. The lowest BCUT2D eigenvalue weighted by Gasteiger charge is -2.58. The summed E-state index contributed by atoms with van der Waals surface area (Å²) in [6, 6.07) is 8.78. The van der Waals surface area contributed by atoms with Crippen LogP contribution in [0.4, 0.5) is 19.1 Å². The number of halogens is 4. The predicted molar refractivity (Wildman–Crippen MR) is 133 cm³/mol. The quantitative estimate of drug-likeness (QED) is 0.520. The minimum atomic E-state index is -4.65. The molecule has 3 aromatic rings. The smallest absolute Gasteiger partial charge is 0.380 e. The topological polar surface area (TPSA) is 107 Å². The van der Waals surface area contributed by atoms with E-state index in [1.165, 1.54) is 0 Å². The molecule has 0 atom stereocenters. The van der Waals surface area contributed by atoms with Gasteiger partial charge in [0.1, 0.15) is 17.6 Å². The monoisotopic (exact) mass is 556 g/mol. The number of hydrogen-bond acceptors (Lipinski definition) is 8. The summed E-state index contributed by atoms with van der Waals surface area (Å²) in [6.45, 7) is 2.35. The largest absolute Gasteiger partial charge is 0.417 e. The van der Waals surface area contributed by atoms with Crippen molar-refractivity contribution in [3.63, 3.8) is 0 Å². The van der Waals surface area contributed by atoms with Crippen molar-refractivity contribution >= 4 is 17.5 Å². The first-order chi connectivity index (χ1) is 18.6. The summed E-state index contributed by atoms with van der Waals surface area (Å²) >= 11 is 6.32. The van der Waals surface area contributed by atoms with E-state index in [1.807, 2.05) is 27.7 Å². The van der Waals surface area contributed by atoms with Crippen LogP contribution in [0.2, 0.25) is 5.02 Å². The molecule has 2 aliphatic carbocycles. The molecule has 202 valence electrons. The SMILES string of the molecule is N#Cc1ccnc(N2CC3(CC(c4nnc5n4-c4ccc(Cl)cc4CN(C4CC(O)(C(F)(F)F)C4)C5)C3)C2)n1. The maximum atomic E-state index is 13.3. The van der Waals surface area contributed by atoms with Crippen LogP contribution in [-0.4, -0.2) is 65.6 Å². The minimum Gasteiger partial charge on any atom is -0.380 e. The predicted octanol–water partition coefficient (Wildman–Crippen LogP) is 3.74. The summed E-state index contributed by atoms with van der Waals surface area (Å²) in [6.07, 6.45) is -1.93. The summed E-state index contributed by atoms with van der Waals surface area (Å²) in [5.74, 6) is 2.28. The van der Waals surface area contributed by atoms with Gasteiger partial charge in [0.25, 0.3) is 0 Å². The zero-order chi connectivity index (χ0) is 27.2. The first kappa shape index (κ1) is 24.7. The van der Waals surface area contributed by atoms with Gasteiger partial charge in [0, 0.05) is 61.1 Å². The van der Waals surface area contributed by atoms with E-state index < -0.39 is 17.8 Å². The van der Waals surface area contributed by atoms with Gasteiger partial charge in [-0.2, -0.15) is 18.4 Å². The van der Waals surface area contributed by atoms with Gasteiger partial charge in [0.15, 0.2) is 11.4 Å². The van der Waals surface area contributed by atoms with Crippen molar-refractivity contribution in [3.05, 3.63) is 58.4 Å². The van der Waals surface area contributed by atoms with Crippen LogP contribution in [0.3, 0.4) is 0 Å². The van der Waals surface area contributed by atoms with Gasteiger partial charge in [-0.15, -0.1) is 10.2 Å². The normalized spacial score (nSPS) is 26.1. The van der Waals surface area contributed by atoms with Gasteiger partial charge in [-0.25, -0.2) is 9.97 Å². The van der Waals surface area contributed by atoms with Crippen LogP contribution in [0.1, 0.15) is 54.5 Å². The maximum Gasteiger partial charge on any atom is 0.417 e. The van der Waals surface area contributed by atoms with Gasteiger partial charge in [-0.3, -0.25) is 9.47 Å². The fraction of sp³-hybridized carbons (Fsp3) is 0.500. The maximum absolute atomic E-state index is 13.3. The Morgan fingerprint density at radius 2 is 1.85 bits per heavy atom. The molecular weight excluding hydrogens is 533 g/mol. The molecule has 1 aromatic carbocycles. The van der Waals surface area contributed by atoms with Crippen LogP contribution in [0, 0.1) is 16.7 Å². The first-order valence-corrected chi connectivity index (χ1v) is 13.2. The number of alkyl halides is 3. The van der Waals surface area contributed by atoms with E-state index in [0.29, 0.717) is 35.6 Å². The number of fused-ring (bicyclic) bond motifs is 3. The molecule has 1 spiro atoms. The van der Waals surface area contributed by atoms with Crippen molar-refractivity contribution in [2.45, 2.75) is 62.5 Å². The molecule has 9 nitrogen and oxygen atoms in total. The third-order valence-corrected chi connectivity index (χ3v) is 9.00. The van der Waals surface area contributed by atoms with Crippen molar-refractivity contribution < 1.29 is 18.3 Å². The average molecular weight is 557 g/mol. The summed E-state index contributed by atoms with van der Waals surface area (Å²) in [5.41, 5.74) is -0.381. The highest BCUT2D eigenvalue weighted by Gasteiger charge is 2.62.